The average molecular weight is 244 g/mol. The van der Waals surface area contributed by atoms with Crippen LogP contribution >= 0.6 is 0 Å². The number of carboxylic acid groups (broad SMARTS) is 1. The van der Waals surface area contributed by atoms with Crippen LogP contribution in [0.5, 0.6) is 0 Å². The molecule has 0 spiro atoms. The molecule has 2 rings (SSSR count). The molecule has 0 aliphatic carbocycles. The zero-order valence-corrected chi connectivity index (χ0v) is 9.60. The van der Waals surface area contributed by atoms with E-state index in [0.29, 0.717) is 11.3 Å². The Morgan fingerprint density at radius 3 is 2.61 bits per heavy atom. The number of aromatic carboxylic acids is 1. The quantitative estimate of drug-likeness (QED) is 0.879. The Balaban J connectivity index is 2.20. The first-order chi connectivity index (χ1) is 8.58. The van der Waals surface area contributed by atoms with Crippen LogP contribution in [0.1, 0.15) is 26.5 Å². The predicted octanol–water partition coefficient (Wildman–Crippen LogP) is 1.20. The summed E-state index contributed by atoms with van der Waals surface area (Å²) in [7, 11) is 0. The van der Waals surface area contributed by atoms with Gasteiger partial charge in [-0.05, 0) is 42.3 Å². The Hall–Kier alpha value is -2.56. The molecule has 0 atom stereocenters. The first kappa shape index (κ1) is 11.9. The number of anilines is 1. The molecular formula is C13H10NO4-. The second-order valence-electron chi connectivity index (χ2n) is 3.75. The molecule has 0 unspecified atom stereocenters. The van der Waals surface area contributed by atoms with Crippen LogP contribution in [-0.4, -0.2) is 11.9 Å². The zero-order chi connectivity index (χ0) is 13.1. The number of carboxylic acids is 1. The molecule has 0 aliphatic heterocycles. The molecule has 1 aromatic carbocycles. The van der Waals surface area contributed by atoms with Crippen molar-refractivity contribution >= 4 is 17.6 Å². The Morgan fingerprint density at radius 2 is 2.06 bits per heavy atom. The largest absolute Gasteiger partial charge is 0.545 e. The van der Waals surface area contributed by atoms with Gasteiger partial charge in [0.15, 0.2) is 5.76 Å². The predicted molar refractivity (Wildman–Crippen MR) is 62.2 cm³/mol. The van der Waals surface area contributed by atoms with Crippen LogP contribution in [0.15, 0.2) is 41.0 Å². The highest BCUT2D eigenvalue weighted by molar-refractivity contribution is 6.02. The van der Waals surface area contributed by atoms with E-state index in [-0.39, 0.29) is 17.2 Å². The molecule has 1 aromatic heterocycles. The third-order valence-corrected chi connectivity index (χ3v) is 2.46. The van der Waals surface area contributed by atoms with Crippen molar-refractivity contribution < 1.29 is 19.1 Å². The van der Waals surface area contributed by atoms with Crippen molar-refractivity contribution in [1.82, 2.24) is 0 Å². The molecule has 1 heterocycles. The van der Waals surface area contributed by atoms with Crippen LogP contribution in [0, 0.1) is 6.92 Å². The van der Waals surface area contributed by atoms with Crippen LogP contribution in [0.4, 0.5) is 5.69 Å². The van der Waals surface area contributed by atoms with Gasteiger partial charge in [-0.25, -0.2) is 0 Å². The minimum Gasteiger partial charge on any atom is -0.545 e. The highest BCUT2D eigenvalue weighted by Crippen LogP contribution is 2.17. The van der Waals surface area contributed by atoms with Gasteiger partial charge in [0.2, 0.25) is 0 Å². The van der Waals surface area contributed by atoms with E-state index in [1.807, 2.05) is 0 Å². The van der Waals surface area contributed by atoms with Gasteiger partial charge in [-0.2, -0.15) is 0 Å². The summed E-state index contributed by atoms with van der Waals surface area (Å²) in [5.74, 6) is -1.44. The van der Waals surface area contributed by atoms with E-state index in [4.69, 9.17) is 4.42 Å². The van der Waals surface area contributed by atoms with Gasteiger partial charge in [-0.15, -0.1) is 0 Å². The SMILES string of the molecule is Cc1cc(C(=O)[O-])ccc1NC(=O)c1ccco1. The number of rotatable bonds is 3. The van der Waals surface area contributed by atoms with Crippen molar-refractivity contribution in [3.05, 3.63) is 53.5 Å². The van der Waals surface area contributed by atoms with E-state index in [1.54, 1.807) is 19.1 Å². The zero-order valence-electron chi connectivity index (χ0n) is 9.60. The number of hydrogen-bond acceptors (Lipinski definition) is 4. The van der Waals surface area contributed by atoms with Gasteiger partial charge in [0.25, 0.3) is 5.91 Å². The molecule has 18 heavy (non-hydrogen) atoms. The van der Waals surface area contributed by atoms with Gasteiger partial charge in [-0.3, -0.25) is 4.79 Å². The number of aryl methyl sites for hydroxylation is 1. The minimum absolute atomic E-state index is 0.0727. The molecule has 2 aromatic rings. The van der Waals surface area contributed by atoms with Crippen molar-refractivity contribution in [3.63, 3.8) is 0 Å². The number of amides is 1. The number of furan rings is 1. The summed E-state index contributed by atoms with van der Waals surface area (Å²) < 4.78 is 4.95. The summed E-state index contributed by atoms with van der Waals surface area (Å²) in [6.07, 6.45) is 1.40. The van der Waals surface area contributed by atoms with Crippen molar-refractivity contribution in [2.24, 2.45) is 0 Å². The third kappa shape index (κ3) is 2.40. The topological polar surface area (TPSA) is 82.4 Å². The van der Waals surface area contributed by atoms with Crippen LogP contribution < -0.4 is 10.4 Å². The molecule has 0 saturated heterocycles. The molecule has 0 bridgehead atoms. The number of benzene rings is 1. The van der Waals surface area contributed by atoms with Crippen LogP contribution in [0.2, 0.25) is 0 Å². The molecule has 5 heteroatoms. The standard InChI is InChI=1S/C13H11NO4/c1-8-7-9(13(16)17)4-5-10(8)14-12(15)11-3-2-6-18-11/h2-7H,1H3,(H,14,15)(H,16,17)/p-1. The lowest BCUT2D eigenvalue weighted by molar-refractivity contribution is -0.255. The van der Waals surface area contributed by atoms with Gasteiger partial charge in [0.1, 0.15) is 0 Å². The Labute approximate surface area is 103 Å². The lowest BCUT2D eigenvalue weighted by atomic mass is 10.1. The number of carbonyl (C=O) groups is 2. The molecule has 5 nitrogen and oxygen atoms in total. The van der Waals surface area contributed by atoms with E-state index < -0.39 is 5.97 Å². The Morgan fingerprint density at radius 1 is 1.28 bits per heavy atom. The lowest BCUT2D eigenvalue weighted by Crippen LogP contribution is -2.22. The third-order valence-electron chi connectivity index (χ3n) is 2.46. The summed E-state index contributed by atoms with van der Waals surface area (Å²) in [4.78, 5) is 22.4. The monoisotopic (exact) mass is 244 g/mol. The highest BCUT2D eigenvalue weighted by Gasteiger charge is 2.10. The maximum Gasteiger partial charge on any atom is 0.291 e. The molecule has 0 fully saturated rings. The second kappa shape index (κ2) is 4.75. The Bertz CT molecular complexity index is 587. The van der Waals surface area contributed by atoms with Gasteiger partial charge < -0.3 is 19.6 Å². The molecular weight excluding hydrogens is 234 g/mol. The fraction of sp³-hybridized carbons (Fsp3) is 0.0769. The fourth-order valence-corrected chi connectivity index (χ4v) is 1.52. The number of carbonyl (C=O) groups excluding carboxylic acids is 2. The fourth-order valence-electron chi connectivity index (χ4n) is 1.52. The van der Waals surface area contributed by atoms with Crippen LogP contribution in [0.25, 0.3) is 0 Å². The second-order valence-corrected chi connectivity index (χ2v) is 3.75. The first-order valence-electron chi connectivity index (χ1n) is 5.25. The highest BCUT2D eigenvalue weighted by atomic mass is 16.4. The summed E-state index contributed by atoms with van der Waals surface area (Å²) in [6.45, 7) is 1.70. The molecule has 0 saturated carbocycles. The van der Waals surface area contributed by atoms with Crippen molar-refractivity contribution in [2.45, 2.75) is 6.92 Å². The average Bonchev–Trinajstić information content (AvgIpc) is 2.85. The summed E-state index contributed by atoms with van der Waals surface area (Å²) in [5.41, 5.74) is 1.24. The van der Waals surface area contributed by atoms with Crippen molar-refractivity contribution in [2.75, 3.05) is 5.32 Å². The Kier molecular flexibility index (Phi) is 3.14. The van der Waals surface area contributed by atoms with Gasteiger partial charge in [0, 0.05) is 5.69 Å². The van der Waals surface area contributed by atoms with E-state index in [9.17, 15) is 14.7 Å². The van der Waals surface area contributed by atoms with E-state index in [1.165, 1.54) is 24.5 Å². The molecule has 0 aliphatic rings. The first-order valence-corrected chi connectivity index (χ1v) is 5.25. The van der Waals surface area contributed by atoms with Crippen LogP contribution in [-0.2, 0) is 0 Å². The maximum atomic E-state index is 11.7. The number of nitrogens with one attached hydrogen (secondary N) is 1. The van der Waals surface area contributed by atoms with Gasteiger partial charge in [0.05, 0.1) is 12.2 Å². The maximum absolute atomic E-state index is 11.7. The molecule has 0 radical (unpaired) electrons. The smallest absolute Gasteiger partial charge is 0.291 e. The molecule has 1 N–H and O–H groups in total. The summed E-state index contributed by atoms with van der Waals surface area (Å²) in [6, 6.07) is 7.48. The summed E-state index contributed by atoms with van der Waals surface area (Å²) >= 11 is 0. The molecule has 1 amide bonds. The molecule has 92 valence electrons. The lowest BCUT2D eigenvalue weighted by Gasteiger charge is -2.09. The van der Waals surface area contributed by atoms with Crippen LogP contribution in [0.3, 0.4) is 0 Å². The van der Waals surface area contributed by atoms with Gasteiger partial charge >= 0.3 is 0 Å². The summed E-state index contributed by atoms with van der Waals surface area (Å²) in [5, 5.41) is 13.3. The number of hydrogen-bond donors (Lipinski definition) is 1. The van der Waals surface area contributed by atoms with E-state index in [2.05, 4.69) is 5.32 Å². The van der Waals surface area contributed by atoms with Crippen molar-refractivity contribution in [1.29, 1.82) is 0 Å². The van der Waals surface area contributed by atoms with E-state index in [0.717, 1.165) is 0 Å². The van der Waals surface area contributed by atoms with E-state index >= 15 is 0 Å². The van der Waals surface area contributed by atoms with Crippen molar-refractivity contribution in [3.8, 4) is 0 Å². The normalized spacial score (nSPS) is 10.1. The minimum atomic E-state index is -1.25. The van der Waals surface area contributed by atoms with Gasteiger partial charge in [-0.1, -0.05) is 6.07 Å².